The number of fused-ring (bicyclic) bond motifs is 1. The van der Waals surface area contributed by atoms with Crippen molar-refractivity contribution in [3.8, 4) is 5.75 Å². The molecule has 1 atom stereocenters. The molecule has 16 heavy (non-hydrogen) atoms. The van der Waals surface area contributed by atoms with Crippen LogP contribution in [0.25, 0.3) is 0 Å². The molecule has 0 fully saturated rings. The summed E-state index contributed by atoms with van der Waals surface area (Å²) in [5.74, 6) is 0.565. The third-order valence-corrected chi connectivity index (χ3v) is 2.76. The lowest BCUT2D eigenvalue weighted by molar-refractivity contribution is 0.148. The molecule has 0 saturated heterocycles. The van der Waals surface area contributed by atoms with Gasteiger partial charge in [0.2, 0.25) is 0 Å². The molecule has 0 spiro atoms. The number of aliphatic hydroxyl groups is 1. The van der Waals surface area contributed by atoms with Crippen LogP contribution >= 0.6 is 0 Å². The summed E-state index contributed by atoms with van der Waals surface area (Å²) < 4.78 is 18.7. The normalized spacial score (nSPS) is 18.6. The number of hydrogen-bond donors (Lipinski definition) is 1. The highest BCUT2D eigenvalue weighted by atomic mass is 19.1. The molecule has 0 aromatic heterocycles. The van der Waals surface area contributed by atoms with Crippen LogP contribution in [-0.2, 0) is 6.42 Å². The second kappa shape index (κ2) is 4.80. The van der Waals surface area contributed by atoms with E-state index in [-0.39, 0.29) is 18.5 Å². The molecule has 1 unspecified atom stereocenters. The Morgan fingerprint density at radius 1 is 1.56 bits per heavy atom. The molecule has 0 bridgehead atoms. The van der Waals surface area contributed by atoms with Crippen molar-refractivity contribution in [2.45, 2.75) is 12.5 Å². The summed E-state index contributed by atoms with van der Waals surface area (Å²) in [6.45, 7) is 1.52. The van der Waals surface area contributed by atoms with E-state index in [1.165, 1.54) is 12.1 Å². The van der Waals surface area contributed by atoms with E-state index in [9.17, 15) is 4.39 Å². The van der Waals surface area contributed by atoms with Gasteiger partial charge in [-0.05, 0) is 25.2 Å². The van der Waals surface area contributed by atoms with E-state index >= 15 is 0 Å². The maximum Gasteiger partial charge on any atom is 0.123 e. The Labute approximate surface area is 94.4 Å². The topological polar surface area (TPSA) is 32.7 Å². The molecule has 2 rings (SSSR count). The summed E-state index contributed by atoms with van der Waals surface area (Å²) >= 11 is 0. The van der Waals surface area contributed by atoms with E-state index in [0.717, 1.165) is 24.3 Å². The lowest BCUT2D eigenvalue weighted by Crippen LogP contribution is -2.33. The molecule has 88 valence electrons. The number of hydrogen-bond acceptors (Lipinski definition) is 3. The molecule has 1 aromatic carbocycles. The van der Waals surface area contributed by atoms with Crippen LogP contribution in [0.3, 0.4) is 0 Å². The highest BCUT2D eigenvalue weighted by molar-refractivity contribution is 5.37. The summed E-state index contributed by atoms with van der Waals surface area (Å²) in [5, 5.41) is 8.79. The molecule has 0 amide bonds. The average molecular weight is 225 g/mol. The number of likely N-dealkylation sites (N-methyl/N-ethyl adjacent to an activating group) is 1. The van der Waals surface area contributed by atoms with Gasteiger partial charge in [-0.2, -0.15) is 0 Å². The molecule has 0 radical (unpaired) electrons. The van der Waals surface area contributed by atoms with Gasteiger partial charge in [-0.15, -0.1) is 0 Å². The molecule has 1 heterocycles. The lowest BCUT2D eigenvalue weighted by atomic mass is 10.1. The second-order valence-corrected chi connectivity index (χ2v) is 4.18. The minimum Gasteiger partial charge on any atom is -0.488 e. The zero-order chi connectivity index (χ0) is 11.5. The number of halogens is 1. The molecule has 1 aromatic rings. The number of rotatable bonds is 4. The van der Waals surface area contributed by atoms with Gasteiger partial charge in [0.05, 0.1) is 6.61 Å². The maximum atomic E-state index is 13.0. The van der Waals surface area contributed by atoms with Gasteiger partial charge in [0, 0.05) is 25.1 Å². The van der Waals surface area contributed by atoms with E-state index < -0.39 is 0 Å². The average Bonchev–Trinajstić information content (AvgIpc) is 2.59. The fourth-order valence-electron chi connectivity index (χ4n) is 2.00. The van der Waals surface area contributed by atoms with Gasteiger partial charge in [-0.25, -0.2) is 4.39 Å². The summed E-state index contributed by atoms with van der Waals surface area (Å²) in [6.07, 6.45) is 0.802. The van der Waals surface area contributed by atoms with Crippen molar-refractivity contribution in [1.29, 1.82) is 0 Å². The predicted octanol–water partition coefficient (Wildman–Crippen LogP) is 1.05. The maximum absolute atomic E-state index is 13.0. The molecule has 1 aliphatic rings. The Hall–Kier alpha value is -1.13. The summed E-state index contributed by atoms with van der Waals surface area (Å²) in [4.78, 5) is 2.01. The minimum absolute atomic E-state index is 0.0633. The molecule has 4 heteroatoms. The van der Waals surface area contributed by atoms with E-state index in [2.05, 4.69) is 0 Å². The third-order valence-electron chi connectivity index (χ3n) is 2.76. The Morgan fingerprint density at radius 2 is 2.38 bits per heavy atom. The Bertz CT molecular complexity index is 370. The summed E-state index contributed by atoms with van der Waals surface area (Å²) in [7, 11) is 1.93. The Morgan fingerprint density at radius 3 is 3.12 bits per heavy atom. The van der Waals surface area contributed by atoms with Crippen LogP contribution in [0.15, 0.2) is 18.2 Å². The highest BCUT2D eigenvalue weighted by Crippen LogP contribution is 2.29. The molecule has 1 aliphatic heterocycles. The van der Waals surface area contributed by atoms with Crippen LogP contribution in [-0.4, -0.2) is 42.9 Å². The SMILES string of the molecule is CN(CCO)CC1Cc2cc(F)ccc2O1. The molecule has 0 aliphatic carbocycles. The first-order valence-electron chi connectivity index (χ1n) is 5.43. The Kier molecular flexibility index (Phi) is 3.41. The van der Waals surface area contributed by atoms with Gasteiger partial charge in [-0.1, -0.05) is 0 Å². The predicted molar refractivity (Wildman–Crippen MR) is 59.1 cm³/mol. The second-order valence-electron chi connectivity index (χ2n) is 4.18. The van der Waals surface area contributed by atoms with Gasteiger partial charge in [0.25, 0.3) is 0 Å². The molecular weight excluding hydrogens is 209 g/mol. The first-order chi connectivity index (χ1) is 7.69. The van der Waals surface area contributed by atoms with Crippen molar-refractivity contribution in [3.63, 3.8) is 0 Å². The monoisotopic (exact) mass is 225 g/mol. The number of aliphatic hydroxyl groups excluding tert-OH is 1. The Balaban J connectivity index is 1.95. The molecule has 1 N–H and O–H groups in total. The van der Waals surface area contributed by atoms with Crippen molar-refractivity contribution in [3.05, 3.63) is 29.6 Å². The van der Waals surface area contributed by atoms with Crippen LogP contribution in [0.5, 0.6) is 5.75 Å². The zero-order valence-electron chi connectivity index (χ0n) is 9.32. The smallest absolute Gasteiger partial charge is 0.123 e. The zero-order valence-corrected chi connectivity index (χ0v) is 9.32. The van der Waals surface area contributed by atoms with Crippen LogP contribution in [0.2, 0.25) is 0 Å². The molecule has 3 nitrogen and oxygen atoms in total. The third kappa shape index (κ3) is 2.51. The first-order valence-corrected chi connectivity index (χ1v) is 5.43. The highest BCUT2D eigenvalue weighted by Gasteiger charge is 2.24. The van der Waals surface area contributed by atoms with Gasteiger partial charge >= 0.3 is 0 Å². The standard InChI is InChI=1S/C12H16FNO2/c1-14(4-5-15)8-11-7-9-6-10(13)2-3-12(9)16-11/h2-3,6,11,15H,4-5,7-8H2,1H3. The van der Waals surface area contributed by atoms with Crippen LogP contribution in [0, 0.1) is 5.82 Å². The largest absolute Gasteiger partial charge is 0.488 e. The van der Waals surface area contributed by atoms with Crippen LogP contribution in [0.1, 0.15) is 5.56 Å². The van der Waals surface area contributed by atoms with E-state index in [1.807, 2.05) is 11.9 Å². The number of nitrogens with zero attached hydrogens (tertiary/aromatic N) is 1. The van der Waals surface area contributed by atoms with Crippen LogP contribution < -0.4 is 4.74 Å². The van der Waals surface area contributed by atoms with Gasteiger partial charge in [-0.3, -0.25) is 0 Å². The first kappa shape index (κ1) is 11.4. The van der Waals surface area contributed by atoms with Crippen molar-refractivity contribution in [2.75, 3.05) is 26.7 Å². The fraction of sp³-hybridized carbons (Fsp3) is 0.500. The van der Waals surface area contributed by atoms with Crippen molar-refractivity contribution in [1.82, 2.24) is 4.90 Å². The van der Waals surface area contributed by atoms with Crippen molar-refractivity contribution >= 4 is 0 Å². The summed E-state index contributed by atoms with van der Waals surface area (Å²) in [6, 6.07) is 4.62. The van der Waals surface area contributed by atoms with Gasteiger partial charge < -0.3 is 14.7 Å². The fourth-order valence-corrected chi connectivity index (χ4v) is 2.00. The minimum atomic E-state index is -0.216. The van der Waals surface area contributed by atoms with Crippen LogP contribution in [0.4, 0.5) is 4.39 Å². The number of benzene rings is 1. The summed E-state index contributed by atoms with van der Waals surface area (Å²) in [5.41, 5.74) is 0.933. The van der Waals surface area contributed by atoms with Crippen molar-refractivity contribution < 1.29 is 14.2 Å². The van der Waals surface area contributed by atoms with E-state index in [4.69, 9.17) is 9.84 Å². The van der Waals surface area contributed by atoms with E-state index in [0.29, 0.717) is 6.54 Å². The molecule has 0 saturated carbocycles. The number of ether oxygens (including phenoxy) is 1. The quantitative estimate of drug-likeness (QED) is 0.831. The van der Waals surface area contributed by atoms with Gasteiger partial charge in [0.15, 0.2) is 0 Å². The lowest BCUT2D eigenvalue weighted by Gasteiger charge is -2.19. The van der Waals surface area contributed by atoms with Gasteiger partial charge in [0.1, 0.15) is 17.7 Å². The van der Waals surface area contributed by atoms with Crippen molar-refractivity contribution in [2.24, 2.45) is 0 Å². The van der Waals surface area contributed by atoms with E-state index in [1.54, 1.807) is 6.07 Å². The molecular formula is C12H16FNO2.